The lowest BCUT2D eigenvalue weighted by Crippen LogP contribution is -2.58. The SMILES string of the molecule is CNc1ccc(C(Cc2ccccc2)c2cccs2)cc1[C@@H]1O[C@H](COCc2ccccc2)[C@@H](OCc2ccccc2)[C@H](OCc2ccccc2)[C@H]1OCc1ccccc1. The maximum absolute atomic E-state index is 7.39. The summed E-state index contributed by atoms with van der Waals surface area (Å²) in [5.74, 6) is 0.140. The number of ether oxygens (including phenoxy) is 5. The topological polar surface area (TPSA) is 58.2 Å². The molecule has 1 fully saturated rings. The van der Waals surface area contributed by atoms with Gasteiger partial charge in [0.15, 0.2) is 0 Å². The van der Waals surface area contributed by atoms with Crippen LogP contribution in [0.3, 0.4) is 0 Å². The van der Waals surface area contributed by atoms with Gasteiger partial charge in [-0.15, -0.1) is 11.3 Å². The van der Waals surface area contributed by atoms with Crippen molar-refractivity contribution < 1.29 is 23.7 Å². The van der Waals surface area contributed by atoms with Gasteiger partial charge in [0.25, 0.3) is 0 Å². The third-order valence-corrected chi connectivity index (χ3v) is 12.1. The van der Waals surface area contributed by atoms with E-state index in [-0.39, 0.29) is 5.92 Å². The van der Waals surface area contributed by atoms with E-state index in [9.17, 15) is 0 Å². The standard InChI is InChI=1S/C53H53NO5S/c1-54-47-30-29-44(45(49-28-17-31-60-49)32-39-18-7-2-8-19-39)33-46(47)50-52(57-36-42-24-13-5-14-25-42)53(58-37-43-26-15-6-16-27-43)51(56-35-41-22-11-4-12-23-41)48(59-50)38-55-34-40-20-9-3-10-21-40/h2-31,33,45,48,50-54H,32,34-38H2,1H3/t45?,48-,50+,51-,52+,53+/m1/s1. The third-order valence-electron chi connectivity index (χ3n) is 11.1. The van der Waals surface area contributed by atoms with Gasteiger partial charge in [-0.25, -0.2) is 0 Å². The summed E-state index contributed by atoms with van der Waals surface area (Å²) >= 11 is 1.79. The molecule has 0 spiro atoms. The second-order valence-corrected chi connectivity index (χ2v) is 16.2. The van der Waals surface area contributed by atoms with Crippen LogP contribution in [0.15, 0.2) is 187 Å². The molecule has 0 bridgehead atoms. The fourth-order valence-corrected chi connectivity index (χ4v) is 8.88. The van der Waals surface area contributed by atoms with Gasteiger partial charge in [-0.1, -0.05) is 170 Å². The molecule has 6 atom stereocenters. The van der Waals surface area contributed by atoms with Crippen molar-refractivity contribution in [1.29, 1.82) is 0 Å². The average molecular weight is 816 g/mol. The van der Waals surface area contributed by atoms with E-state index in [4.69, 9.17) is 23.7 Å². The largest absolute Gasteiger partial charge is 0.388 e. The molecule has 306 valence electrons. The van der Waals surface area contributed by atoms with E-state index in [2.05, 4.69) is 120 Å². The highest BCUT2D eigenvalue weighted by atomic mass is 32.1. The molecule has 7 heteroatoms. The van der Waals surface area contributed by atoms with Crippen molar-refractivity contribution >= 4 is 17.0 Å². The monoisotopic (exact) mass is 815 g/mol. The number of nitrogens with one attached hydrogen (secondary N) is 1. The lowest BCUT2D eigenvalue weighted by molar-refractivity contribution is -0.275. The number of hydrogen-bond acceptors (Lipinski definition) is 7. The first kappa shape index (κ1) is 41.4. The molecule has 0 saturated carbocycles. The molecular formula is C53H53NO5S. The Morgan fingerprint density at radius 1 is 0.533 bits per heavy atom. The Labute approximate surface area is 358 Å². The highest BCUT2D eigenvalue weighted by Gasteiger charge is 2.49. The average Bonchev–Trinajstić information content (AvgIpc) is 3.86. The molecule has 0 aliphatic carbocycles. The van der Waals surface area contributed by atoms with Crippen LogP contribution in [0.4, 0.5) is 5.69 Å². The van der Waals surface area contributed by atoms with E-state index in [1.807, 2.05) is 79.8 Å². The number of hydrogen-bond donors (Lipinski definition) is 1. The molecule has 8 rings (SSSR count). The molecule has 1 saturated heterocycles. The second-order valence-electron chi connectivity index (χ2n) is 15.2. The minimum absolute atomic E-state index is 0.140. The molecule has 2 heterocycles. The summed E-state index contributed by atoms with van der Waals surface area (Å²) in [4.78, 5) is 1.31. The zero-order valence-electron chi connectivity index (χ0n) is 34.1. The highest BCUT2D eigenvalue weighted by molar-refractivity contribution is 7.10. The van der Waals surface area contributed by atoms with Gasteiger partial charge in [-0.05, 0) is 57.3 Å². The summed E-state index contributed by atoms with van der Waals surface area (Å²) < 4.78 is 35.1. The molecule has 60 heavy (non-hydrogen) atoms. The number of anilines is 1. The first-order valence-electron chi connectivity index (χ1n) is 20.8. The first-order valence-corrected chi connectivity index (χ1v) is 21.7. The number of thiophene rings is 1. The minimum Gasteiger partial charge on any atom is -0.388 e. The molecule has 6 aromatic carbocycles. The maximum Gasteiger partial charge on any atom is 0.117 e. The van der Waals surface area contributed by atoms with Crippen molar-refractivity contribution in [2.75, 3.05) is 19.0 Å². The van der Waals surface area contributed by atoms with Gasteiger partial charge in [-0.3, -0.25) is 0 Å². The molecule has 0 radical (unpaired) electrons. The van der Waals surface area contributed by atoms with Gasteiger partial charge in [0, 0.05) is 29.1 Å². The molecular weight excluding hydrogens is 763 g/mol. The smallest absolute Gasteiger partial charge is 0.117 e. The van der Waals surface area contributed by atoms with Crippen molar-refractivity contribution in [3.05, 3.63) is 231 Å². The lowest BCUT2D eigenvalue weighted by Gasteiger charge is -2.47. The van der Waals surface area contributed by atoms with Gasteiger partial charge in [0.05, 0.1) is 33.0 Å². The van der Waals surface area contributed by atoms with Gasteiger partial charge < -0.3 is 29.0 Å². The van der Waals surface area contributed by atoms with Crippen LogP contribution in [-0.4, -0.2) is 38.1 Å². The van der Waals surface area contributed by atoms with E-state index in [1.54, 1.807) is 11.3 Å². The molecule has 1 aliphatic rings. The van der Waals surface area contributed by atoms with Gasteiger partial charge >= 0.3 is 0 Å². The number of benzene rings is 6. The highest BCUT2D eigenvalue weighted by Crippen LogP contribution is 2.43. The van der Waals surface area contributed by atoms with E-state index < -0.39 is 30.5 Å². The molecule has 6 nitrogen and oxygen atoms in total. The molecule has 1 aliphatic heterocycles. The number of rotatable bonds is 19. The Kier molecular flexibility index (Phi) is 14.6. The Morgan fingerprint density at radius 3 is 1.55 bits per heavy atom. The van der Waals surface area contributed by atoms with E-state index in [1.165, 1.54) is 16.0 Å². The van der Waals surface area contributed by atoms with Gasteiger partial charge in [-0.2, -0.15) is 0 Å². The van der Waals surface area contributed by atoms with Gasteiger partial charge in [0.2, 0.25) is 0 Å². The summed E-state index contributed by atoms with van der Waals surface area (Å²) in [5.41, 5.74) is 8.76. The van der Waals surface area contributed by atoms with E-state index in [0.717, 1.165) is 39.9 Å². The Hall–Kier alpha value is -5.38. The van der Waals surface area contributed by atoms with E-state index >= 15 is 0 Å². The van der Waals surface area contributed by atoms with Crippen LogP contribution in [0.1, 0.15) is 55.8 Å². The molecule has 1 N–H and O–H groups in total. The van der Waals surface area contributed by atoms with Crippen LogP contribution >= 0.6 is 11.3 Å². The van der Waals surface area contributed by atoms with Crippen LogP contribution < -0.4 is 5.32 Å². The summed E-state index contributed by atoms with van der Waals surface area (Å²) in [6.07, 6.45) is -1.79. The molecule has 1 aromatic heterocycles. The Morgan fingerprint density at radius 2 is 1.03 bits per heavy atom. The normalized spacial score (nSPS) is 19.4. The molecule has 7 aromatic rings. The van der Waals surface area contributed by atoms with Crippen molar-refractivity contribution in [3.8, 4) is 0 Å². The fraction of sp³-hybridized carbons (Fsp3) is 0.245. The Bertz CT molecular complexity index is 2280. The van der Waals surface area contributed by atoms with Gasteiger partial charge in [0.1, 0.15) is 30.5 Å². The molecule has 1 unspecified atom stereocenters. The van der Waals surface area contributed by atoms with Crippen LogP contribution in [0, 0.1) is 0 Å². The van der Waals surface area contributed by atoms with Crippen molar-refractivity contribution in [2.24, 2.45) is 0 Å². The predicted octanol–water partition coefficient (Wildman–Crippen LogP) is 11.6. The minimum atomic E-state index is -0.559. The predicted molar refractivity (Wildman–Crippen MR) is 241 cm³/mol. The van der Waals surface area contributed by atoms with Crippen LogP contribution in [0.2, 0.25) is 0 Å². The maximum atomic E-state index is 7.39. The van der Waals surface area contributed by atoms with Crippen molar-refractivity contribution in [1.82, 2.24) is 0 Å². The quantitative estimate of drug-likeness (QED) is 0.0877. The van der Waals surface area contributed by atoms with E-state index in [0.29, 0.717) is 33.0 Å². The molecule has 0 amide bonds. The zero-order valence-corrected chi connectivity index (χ0v) is 34.9. The van der Waals surface area contributed by atoms with Crippen molar-refractivity contribution in [2.45, 2.75) is 69.3 Å². The zero-order chi connectivity index (χ0) is 40.8. The Balaban J connectivity index is 1.21. The summed E-state index contributed by atoms with van der Waals surface area (Å²) in [6, 6.07) is 63.0. The second kappa shape index (κ2) is 21.2. The summed E-state index contributed by atoms with van der Waals surface area (Å²) in [7, 11) is 1.97. The first-order chi connectivity index (χ1) is 29.7. The summed E-state index contributed by atoms with van der Waals surface area (Å²) in [5, 5.41) is 5.68. The van der Waals surface area contributed by atoms with Crippen LogP contribution in [-0.2, 0) is 56.5 Å². The third kappa shape index (κ3) is 10.9. The van der Waals surface area contributed by atoms with Crippen LogP contribution in [0.5, 0.6) is 0 Å². The lowest BCUT2D eigenvalue weighted by atomic mass is 9.85. The van der Waals surface area contributed by atoms with Crippen molar-refractivity contribution in [3.63, 3.8) is 0 Å². The van der Waals surface area contributed by atoms with Crippen LogP contribution in [0.25, 0.3) is 0 Å². The fourth-order valence-electron chi connectivity index (χ4n) is 8.02. The summed E-state index contributed by atoms with van der Waals surface area (Å²) in [6.45, 7) is 1.87.